The van der Waals surface area contributed by atoms with Crippen LogP contribution in [-0.2, 0) is 27.8 Å². The summed E-state index contributed by atoms with van der Waals surface area (Å²) in [6, 6.07) is 14.8. The Balaban J connectivity index is 1.48. The molecular formula is C23H25N5O4S. The Morgan fingerprint density at radius 1 is 1.06 bits per heavy atom. The highest BCUT2D eigenvalue weighted by Crippen LogP contribution is 2.36. The molecule has 2 heterocycles. The van der Waals surface area contributed by atoms with Crippen LogP contribution in [0.25, 0.3) is 0 Å². The Labute approximate surface area is 192 Å². The van der Waals surface area contributed by atoms with Crippen molar-refractivity contribution in [2.24, 2.45) is 0 Å². The Hall–Kier alpha value is -3.66. The summed E-state index contributed by atoms with van der Waals surface area (Å²) in [5, 5.41) is 4.21. The fraction of sp³-hybridized carbons (Fsp3) is 0.261. The quantitative estimate of drug-likeness (QED) is 0.558. The number of para-hydroxylation sites is 1. The van der Waals surface area contributed by atoms with Crippen LogP contribution in [0.1, 0.15) is 34.2 Å². The maximum absolute atomic E-state index is 13.4. The van der Waals surface area contributed by atoms with Gasteiger partial charge in [0.15, 0.2) is 0 Å². The molecule has 1 atom stereocenters. The summed E-state index contributed by atoms with van der Waals surface area (Å²) in [6.07, 6.45) is 0.622. The molecule has 10 heteroatoms. The van der Waals surface area contributed by atoms with Gasteiger partial charge in [0, 0.05) is 17.3 Å². The van der Waals surface area contributed by atoms with Gasteiger partial charge in [0.25, 0.3) is 21.8 Å². The van der Waals surface area contributed by atoms with Crippen LogP contribution in [0.4, 0.5) is 5.69 Å². The number of hydrazine groups is 1. The molecule has 9 nitrogen and oxygen atoms in total. The maximum Gasteiger partial charge on any atom is 0.269 e. The van der Waals surface area contributed by atoms with Gasteiger partial charge in [0.1, 0.15) is 6.54 Å². The lowest BCUT2D eigenvalue weighted by Crippen LogP contribution is -2.43. The molecule has 0 bridgehead atoms. The molecule has 0 spiro atoms. The number of hydrogen-bond acceptors (Lipinski definition) is 5. The summed E-state index contributed by atoms with van der Waals surface area (Å²) in [6.45, 7) is 5.45. The maximum atomic E-state index is 13.4. The molecule has 172 valence electrons. The molecule has 1 aromatic heterocycles. The van der Waals surface area contributed by atoms with Crippen LogP contribution in [0.5, 0.6) is 0 Å². The zero-order chi connectivity index (χ0) is 23.8. The van der Waals surface area contributed by atoms with Crippen LogP contribution >= 0.6 is 0 Å². The minimum Gasteiger partial charge on any atom is -0.271 e. The molecule has 4 rings (SSSR count). The van der Waals surface area contributed by atoms with Gasteiger partial charge in [0.05, 0.1) is 16.3 Å². The van der Waals surface area contributed by atoms with E-state index < -0.39 is 21.8 Å². The molecule has 0 fully saturated rings. The van der Waals surface area contributed by atoms with E-state index in [1.165, 1.54) is 33.3 Å². The predicted molar refractivity (Wildman–Crippen MR) is 123 cm³/mol. The molecule has 1 aliphatic heterocycles. The third-order valence-corrected chi connectivity index (χ3v) is 7.43. The second-order valence-corrected chi connectivity index (χ2v) is 9.91. The van der Waals surface area contributed by atoms with Crippen molar-refractivity contribution in [3.63, 3.8) is 0 Å². The Kier molecular flexibility index (Phi) is 5.94. The normalized spacial score (nSPS) is 15.2. The molecule has 0 unspecified atom stereocenters. The van der Waals surface area contributed by atoms with Crippen LogP contribution in [-0.4, -0.2) is 36.1 Å². The summed E-state index contributed by atoms with van der Waals surface area (Å²) < 4.78 is 29.7. The first kappa shape index (κ1) is 22.5. The third-order valence-electron chi connectivity index (χ3n) is 5.51. The number of carbonyl (C=O) groups excluding carboxylic acids is 2. The Bertz CT molecular complexity index is 1330. The number of hydrogen-bond donors (Lipinski definition) is 2. The monoisotopic (exact) mass is 467 g/mol. The van der Waals surface area contributed by atoms with Crippen molar-refractivity contribution in [2.75, 3.05) is 4.31 Å². The summed E-state index contributed by atoms with van der Waals surface area (Å²) in [4.78, 5) is 24.8. The lowest BCUT2D eigenvalue weighted by Gasteiger charge is -2.24. The van der Waals surface area contributed by atoms with Crippen LogP contribution in [0.15, 0.2) is 59.5 Å². The number of aryl methyl sites for hydroxylation is 2. The molecular weight excluding hydrogens is 442 g/mol. The molecule has 0 radical (unpaired) electrons. The average molecular weight is 468 g/mol. The largest absolute Gasteiger partial charge is 0.271 e. The summed E-state index contributed by atoms with van der Waals surface area (Å²) in [5.74, 6) is -1.08. The van der Waals surface area contributed by atoms with Crippen molar-refractivity contribution in [3.05, 3.63) is 77.1 Å². The first-order valence-corrected chi connectivity index (χ1v) is 11.9. The molecule has 2 N–H and O–H groups in total. The van der Waals surface area contributed by atoms with Crippen LogP contribution in [0.2, 0.25) is 0 Å². The summed E-state index contributed by atoms with van der Waals surface area (Å²) >= 11 is 0. The molecule has 1 aliphatic rings. The zero-order valence-electron chi connectivity index (χ0n) is 18.6. The van der Waals surface area contributed by atoms with Gasteiger partial charge < -0.3 is 0 Å². The minimum atomic E-state index is -3.88. The highest BCUT2D eigenvalue weighted by molar-refractivity contribution is 7.92. The van der Waals surface area contributed by atoms with Gasteiger partial charge in [0.2, 0.25) is 0 Å². The Morgan fingerprint density at radius 3 is 2.55 bits per heavy atom. The van der Waals surface area contributed by atoms with Crippen molar-refractivity contribution in [1.29, 1.82) is 0 Å². The van der Waals surface area contributed by atoms with Gasteiger partial charge in [-0.25, -0.2) is 8.42 Å². The topological polar surface area (TPSA) is 113 Å². The smallest absolute Gasteiger partial charge is 0.269 e. The van der Waals surface area contributed by atoms with Crippen LogP contribution in [0.3, 0.4) is 0 Å². The zero-order valence-corrected chi connectivity index (χ0v) is 19.4. The lowest BCUT2D eigenvalue weighted by atomic mass is 10.1. The molecule has 0 saturated carbocycles. The van der Waals surface area contributed by atoms with E-state index in [4.69, 9.17) is 0 Å². The molecule has 2 amide bonds. The number of benzene rings is 2. The van der Waals surface area contributed by atoms with Crippen molar-refractivity contribution in [1.82, 2.24) is 20.6 Å². The standard InChI is InChI=1S/C23H25N5O4S/c1-15-11-16(2)27(26-15)14-22(29)24-25-23(30)19-8-6-9-20(13-19)33(31,32)28-17(3)12-18-7-4-5-10-21(18)28/h4-11,13,17H,12,14H2,1-3H3,(H,24,29)(H,25,30)/t17-/m0/s1. The number of nitrogens with one attached hydrogen (secondary N) is 2. The van der Waals surface area contributed by atoms with Gasteiger partial charge in [-0.1, -0.05) is 24.3 Å². The van der Waals surface area contributed by atoms with E-state index in [1.807, 2.05) is 39.0 Å². The SMILES string of the molecule is Cc1cc(C)n(CC(=O)NNC(=O)c2cccc(S(=O)(=O)N3c4ccccc4C[C@@H]3C)c2)n1. The van der Waals surface area contributed by atoms with Crippen LogP contribution in [0, 0.1) is 13.8 Å². The van der Waals surface area contributed by atoms with Crippen molar-refractivity contribution >= 4 is 27.5 Å². The van der Waals surface area contributed by atoms with E-state index >= 15 is 0 Å². The van der Waals surface area contributed by atoms with E-state index in [0.717, 1.165) is 17.0 Å². The van der Waals surface area contributed by atoms with E-state index in [2.05, 4.69) is 16.0 Å². The van der Waals surface area contributed by atoms with E-state index in [1.54, 1.807) is 12.1 Å². The van der Waals surface area contributed by atoms with Crippen molar-refractivity contribution in [3.8, 4) is 0 Å². The lowest BCUT2D eigenvalue weighted by molar-refractivity contribution is -0.122. The highest BCUT2D eigenvalue weighted by atomic mass is 32.2. The van der Waals surface area contributed by atoms with E-state index in [0.29, 0.717) is 12.1 Å². The van der Waals surface area contributed by atoms with Gasteiger partial charge in [-0.2, -0.15) is 5.10 Å². The second-order valence-electron chi connectivity index (χ2n) is 8.10. The van der Waals surface area contributed by atoms with Gasteiger partial charge in [-0.3, -0.25) is 29.4 Å². The van der Waals surface area contributed by atoms with E-state index in [-0.39, 0.29) is 23.0 Å². The van der Waals surface area contributed by atoms with Gasteiger partial charge >= 0.3 is 0 Å². The van der Waals surface area contributed by atoms with Gasteiger partial charge in [-0.15, -0.1) is 0 Å². The van der Waals surface area contributed by atoms with E-state index in [9.17, 15) is 18.0 Å². The van der Waals surface area contributed by atoms with Crippen LogP contribution < -0.4 is 15.2 Å². The third kappa shape index (κ3) is 4.47. The van der Waals surface area contributed by atoms with Gasteiger partial charge in [-0.05, 0) is 63.1 Å². The summed E-state index contributed by atoms with van der Waals surface area (Å²) in [7, 11) is -3.88. The number of fused-ring (bicyclic) bond motifs is 1. The molecule has 3 aromatic rings. The average Bonchev–Trinajstić information content (AvgIpc) is 3.29. The molecule has 2 aromatic carbocycles. The highest BCUT2D eigenvalue weighted by Gasteiger charge is 2.36. The minimum absolute atomic E-state index is 0.00710. The fourth-order valence-electron chi connectivity index (χ4n) is 4.02. The fourth-order valence-corrected chi connectivity index (χ4v) is 5.76. The number of amides is 2. The first-order chi connectivity index (χ1) is 15.7. The van der Waals surface area contributed by atoms with Crippen molar-refractivity contribution in [2.45, 2.75) is 44.7 Å². The summed E-state index contributed by atoms with van der Waals surface area (Å²) in [5.41, 5.74) is 8.01. The molecule has 33 heavy (non-hydrogen) atoms. The molecule has 0 aliphatic carbocycles. The molecule has 0 saturated heterocycles. The number of carbonyl (C=O) groups is 2. The first-order valence-electron chi connectivity index (χ1n) is 10.5. The number of sulfonamides is 1. The predicted octanol–water partition coefficient (Wildman–Crippen LogP) is 2.10. The Morgan fingerprint density at radius 2 is 1.82 bits per heavy atom. The number of aromatic nitrogens is 2. The van der Waals surface area contributed by atoms with Crippen molar-refractivity contribution < 1.29 is 18.0 Å². The number of nitrogens with zero attached hydrogens (tertiary/aromatic N) is 3. The second kappa shape index (κ2) is 8.70. The number of anilines is 1. The number of rotatable bonds is 5.